The molecule has 220 valence electrons. The van der Waals surface area contributed by atoms with Crippen molar-refractivity contribution in [2.45, 2.75) is 35.1 Å². The monoisotopic (exact) mass is 562 g/mol. The summed E-state index contributed by atoms with van der Waals surface area (Å²) in [5.41, 5.74) is 3.99. The molecule has 0 saturated carbocycles. The quantitative estimate of drug-likeness (QED) is 0.165. The third-order valence-electron chi connectivity index (χ3n) is 6.56. The lowest BCUT2D eigenvalue weighted by atomic mass is 10.2. The first kappa shape index (κ1) is 32.7. The summed E-state index contributed by atoms with van der Waals surface area (Å²) in [6.07, 6.45) is 4.46. The standard InChI is InChI=1S/C27H38N12.2CH4/c1-7-38(24-14-10-22(11-15-24)30-32-26-34(3)20-28-36(26)5)18-9-19-39(8-2)25-16-12-23(13-17-25)31-33-27-35(4)21-29-37(27)6;;/h10-17,20-21H,7-9,18-19H2,1-6H3;2*1H4/q+2;;. The summed E-state index contributed by atoms with van der Waals surface area (Å²) >= 11 is 0. The van der Waals surface area contributed by atoms with E-state index in [0.29, 0.717) is 11.9 Å². The van der Waals surface area contributed by atoms with Crippen molar-refractivity contribution in [1.82, 2.24) is 19.6 Å². The lowest BCUT2D eigenvalue weighted by Crippen LogP contribution is -2.30. The molecular weight excluding hydrogens is 516 g/mol. The Hall–Kier alpha value is -4.48. The topological polar surface area (TPSA) is 99.3 Å². The Morgan fingerprint density at radius 2 is 1.00 bits per heavy atom. The van der Waals surface area contributed by atoms with E-state index in [2.05, 4.69) is 78.6 Å². The number of azo groups is 2. The summed E-state index contributed by atoms with van der Waals surface area (Å²) in [6.45, 7) is 8.18. The second-order valence-corrected chi connectivity index (χ2v) is 9.28. The molecule has 0 bridgehead atoms. The van der Waals surface area contributed by atoms with Crippen molar-refractivity contribution in [1.29, 1.82) is 0 Å². The van der Waals surface area contributed by atoms with Crippen molar-refractivity contribution in [2.75, 3.05) is 36.0 Å². The van der Waals surface area contributed by atoms with Gasteiger partial charge < -0.3 is 9.80 Å². The number of benzene rings is 2. The molecule has 0 unspecified atom stereocenters. The Balaban J connectivity index is 0.00000294. The maximum Gasteiger partial charge on any atom is 0.403 e. The first-order valence-corrected chi connectivity index (χ1v) is 13.2. The maximum atomic E-state index is 4.37. The molecule has 2 heterocycles. The van der Waals surface area contributed by atoms with E-state index in [1.54, 1.807) is 22.0 Å². The van der Waals surface area contributed by atoms with E-state index in [-0.39, 0.29) is 14.9 Å². The van der Waals surface area contributed by atoms with Gasteiger partial charge >= 0.3 is 11.9 Å². The number of aryl methyl sites for hydroxylation is 4. The van der Waals surface area contributed by atoms with Gasteiger partial charge in [0, 0.05) is 47.8 Å². The third-order valence-corrected chi connectivity index (χ3v) is 6.56. The van der Waals surface area contributed by atoms with Crippen LogP contribution in [0.15, 0.2) is 81.6 Å². The van der Waals surface area contributed by atoms with Gasteiger partial charge in [0.25, 0.3) is 0 Å². The van der Waals surface area contributed by atoms with Gasteiger partial charge in [-0.15, -0.1) is 9.36 Å². The molecule has 41 heavy (non-hydrogen) atoms. The van der Waals surface area contributed by atoms with Crippen LogP contribution in [0.1, 0.15) is 35.1 Å². The summed E-state index contributed by atoms with van der Waals surface area (Å²) < 4.78 is 7.05. The molecule has 4 aromatic rings. The summed E-state index contributed by atoms with van der Waals surface area (Å²) in [5.74, 6) is 1.38. The summed E-state index contributed by atoms with van der Waals surface area (Å²) in [7, 11) is 7.50. The second-order valence-electron chi connectivity index (χ2n) is 9.28. The number of hydrogen-bond donors (Lipinski definition) is 0. The number of anilines is 2. The molecule has 0 spiro atoms. The average Bonchev–Trinajstić information content (AvgIpc) is 3.45. The van der Waals surface area contributed by atoms with Crippen molar-refractivity contribution < 1.29 is 9.13 Å². The lowest BCUT2D eigenvalue weighted by molar-refractivity contribution is -0.659. The van der Waals surface area contributed by atoms with Crippen LogP contribution in [-0.4, -0.2) is 45.7 Å². The first-order chi connectivity index (χ1) is 18.9. The van der Waals surface area contributed by atoms with Crippen LogP contribution < -0.4 is 18.9 Å². The first-order valence-electron chi connectivity index (χ1n) is 13.2. The number of hydrogen-bond acceptors (Lipinski definition) is 8. The van der Waals surface area contributed by atoms with Crippen LogP contribution in [-0.2, 0) is 28.2 Å². The van der Waals surface area contributed by atoms with Crippen LogP contribution >= 0.6 is 0 Å². The van der Waals surface area contributed by atoms with E-state index in [4.69, 9.17) is 0 Å². The minimum absolute atomic E-state index is 0. The molecule has 0 aliphatic heterocycles. The van der Waals surface area contributed by atoms with Gasteiger partial charge in [0.15, 0.2) is 0 Å². The Labute approximate surface area is 244 Å². The van der Waals surface area contributed by atoms with Crippen molar-refractivity contribution in [3.8, 4) is 0 Å². The molecule has 4 rings (SSSR count). The highest BCUT2D eigenvalue weighted by Crippen LogP contribution is 2.23. The van der Waals surface area contributed by atoms with E-state index >= 15 is 0 Å². The Bertz CT molecular complexity index is 1250. The zero-order valence-electron chi connectivity index (χ0n) is 23.7. The predicted molar refractivity (Wildman–Crippen MR) is 164 cm³/mol. The normalized spacial score (nSPS) is 11.1. The summed E-state index contributed by atoms with van der Waals surface area (Å²) in [6, 6.07) is 16.4. The van der Waals surface area contributed by atoms with E-state index in [1.807, 2.05) is 61.6 Å². The predicted octanol–water partition coefficient (Wildman–Crippen LogP) is 5.65. The van der Waals surface area contributed by atoms with Gasteiger partial charge in [-0.25, -0.2) is 9.13 Å². The van der Waals surface area contributed by atoms with Gasteiger partial charge in [-0.3, -0.25) is 0 Å². The van der Waals surface area contributed by atoms with Crippen LogP contribution in [0.25, 0.3) is 0 Å². The molecule has 0 N–H and O–H groups in total. The largest absolute Gasteiger partial charge is 0.403 e. The van der Waals surface area contributed by atoms with Crippen LogP contribution in [0.3, 0.4) is 0 Å². The molecule has 12 heteroatoms. The minimum Gasteiger partial charge on any atom is -0.372 e. The SMILES string of the molecule is C.C.CCN(CCCN(CC)c1ccc(N=Nc2n(C)nc[n+]2C)cc1)c1ccc(N=Nc2n(C)nc[n+]2C)cc1. The summed E-state index contributed by atoms with van der Waals surface area (Å²) in [5, 5.41) is 25.7. The number of rotatable bonds is 12. The van der Waals surface area contributed by atoms with E-state index in [1.165, 1.54) is 11.4 Å². The van der Waals surface area contributed by atoms with Gasteiger partial charge in [0.1, 0.15) is 0 Å². The molecule has 2 aromatic heterocycles. The van der Waals surface area contributed by atoms with Crippen molar-refractivity contribution in [2.24, 2.45) is 48.6 Å². The van der Waals surface area contributed by atoms with E-state index in [9.17, 15) is 0 Å². The minimum atomic E-state index is 0. The molecule has 0 fully saturated rings. The van der Waals surface area contributed by atoms with Gasteiger partial charge in [-0.2, -0.15) is 0 Å². The fourth-order valence-corrected chi connectivity index (χ4v) is 4.30. The van der Waals surface area contributed by atoms with E-state index < -0.39 is 0 Å². The Morgan fingerprint density at radius 1 is 0.634 bits per heavy atom. The molecule has 0 amide bonds. The van der Waals surface area contributed by atoms with E-state index in [0.717, 1.165) is 44.0 Å². The van der Waals surface area contributed by atoms with Crippen LogP contribution in [0, 0.1) is 0 Å². The number of nitrogens with zero attached hydrogens (tertiary/aromatic N) is 12. The van der Waals surface area contributed by atoms with Gasteiger partial charge in [0.05, 0.1) is 39.6 Å². The fraction of sp³-hybridized carbons (Fsp3) is 0.448. The highest BCUT2D eigenvalue weighted by molar-refractivity contribution is 5.54. The Kier molecular flexibility index (Phi) is 12.2. The van der Waals surface area contributed by atoms with Gasteiger partial charge in [-0.1, -0.05) is 25.1 Å². The second kappa shape index (κ2) is 15.3. The summed E-state index contributed by atoms with van der Waals surface area (Å²) in [4.78, 5) is 4.77. The number of aromatic nitrogens is 6. The fourth-order valence-electron chi connectivity index (χ4n) is 4.30. The van der Waals surface area contributed by atoms with Crippen LogP contribution in [0.2, 0.25) is 0 Å². The molecule has 2 aromatic carbocycles. The van der Waals surface area contributed by atoms with Crippen LogP contribution in [0.4, 0.5) is 34.6 Å². The van der Waals surface area contributed by atoms with Crippen LogP contribution in [0.5, 0.6) is 0 Å². The molecule has 0 aliphatic rings. The molecule has 0 radical (unpaired) electrons. The zero-order valence-corrected chi connectivity index (χ0v) is 23.7. The van der Waals surface area contributed by atoms with Crippen molar-refractivity contribution >= 4 is 34.6 Å². The van der Waals surface area contributed by atoms with Crippen molar-refractivity contribution in [3.63, 3.8) is 0 Å². The molecule has 12 nitrogen and oxygen atoms in total. The van der Waals surface area contributed by atoms with Gasteiger partial charge in [-0.05, 0) is 79.0 Å². The smallest absolute Gasteiger partial charge is 0.372 e. The Morgan fingerprint density at radius 3 is 1.29 bits per heavy atom. The molecule has 0 saturated heterocycles. The van der Waals surface area contributed by atoms with Crippen molar-refractivity contribution in [3.05, 3.63) is 61.2 Å². The third kappa shape index (κ3) is 8.26. The highest BCUT2D eigenvalue weighted by Gasteiger charge is 2.13. The molecule has 0 atom stereocenters. The van der Waals surface area contributed by atoms with Gasteiger partial charge in [0.2, 0.25) is 12.7 Å². The molecule has 0 aliphatic carbocycles. The molecular formula is C29H46N12+2. The zero-order chi connectivity index (χ0) is 27.8. The highest BCUT2D eigenvalue weighted by atomic mass is 15.4. The maximum absolute atomic E-state index is 4.37. The average molecular weight is 563 g/mol. The lowest BCUT2D eigenvalue weighted by Gasteiger charge is -2.27.